The number of rotatable bonds is 5. The highest BCUT2D eigenvalue weighted by Gasteiger charge is 2.53. The summed E-state index contributed by atoms with van der Waals surface area (Å²) < 4.78 is 17.1. The van der Waals surface area contributed by atoms with E-state index in [1.54, 1.807) is 6.92 Å². The molecule has 4 N–H and O–H groups in total. The van der Waals surface area contributed by atoms with Crippen molar-refractivity contribution in [3.8, 4) is 0 Å². The molecule has 6 atom stereocenters. The second kappa shape index (κ2) is 9.54. The molecule has 0 amide bonds. The third kappa shape index (κ3) is 6.00. The number of carboxylic acids is 1. The molecule has 1 aliphatic rings. The average Bonchev–Trinajstić information content (AvgIpc) is 2.56. The fourth-order valence-corrected chi connectivity index (χ4v) is 2.01. The highest BCUT2D eigenvalue weighted by Crippen LogP contribution is 2.35. The van der Waals surface area contributed by atoms with Gasteiger partial charge in [0.25, 0.3) is 5.79 Å². The smallest absolute Gasteiger partial charge is 0.364 e. The summed E-state index contributed by atoms with van der Waals surface area (Å²) in [5, 5.41) is 38.4. The molecule has 1 heterocycles. The zero-order valence-corrected chi connectivity index (χ0v) is 14.6. The van der Waals surface area contributed by atoms with Gasteiger partial charge in [0, 0.05) is 20.8 Å². The van der Waals surface area contributed by atoms with Gasteiger partial charge in [0.2, 0.25) is 0 Å². The Balaban J connectivity index is 0.000000922. The second-order valence-electron chi connectivity index (χ2n) is 6.34. The lowest BCUT2D eigenvalue weighted by molar-refractivity contribution is -0.309. The summed E-state index contributed by atoms with van der Waals surface area (Å²) in [5.74, 6) is -3.19. The molecule has 138 valence electrons. The van der Waals surface area contributed by atoms with Crippen LogP contribution in [-0.2, 0) is 14.3 Å². The van der Waals surface area contributed by atoms with Gasteiger partial charge in [-0.3, -0.25) is 0 Å². The molecule has 1 saturated heterocycles. The number of hydrogen-bond acceptors (Lipinski definition) is 6. The molecule has 0 aromatic carbocycles. The first-order chi connectivity index (χ1) is 11.1. The van der Waals surface area contributed by atoms with Gasteiger partial charge in [0.15, 0.2) is 0 Å². The number of carbonyl (C=O) groups is 1. The van der Waals surface area contributed by atoms with E-state index in [2.05, 4.69) is 20.8 Å². The third-order valence-electron chi connectivity index (χ3n) is 4.13. The van der Waals surface area contributed by atoms with Crippen LogP contribution in [0.4, 0.5) is 0 Å². The van der Waals surface area contributed by atoms with Crippen molar-refractivity contribution in [1.82, 2.24) is 0 Å². The van der Waals surface area contributed by atoms with E-state index in [1.165, 1.54) is 6.42 Å². The minimum Gasteiger partial charge on any atom is -0.477 e. The standard InChI is InChI=1S/C11H20O7.C5H12/c1-5-7(13)4-11(17-3,10(15)16)18-9(5)8(14)6(2)12;1-4-5(2)3/h5-9,12-14H,4H2,1-3H3,(H,15,16);5H,4H2,1-3H3/i2D;. The molecular formula is C16H32O7. The van der Waals surface area contributed by atoms with Gasteiger partial charge in [-0.25, -0.2) is 4.79 Å². The van der Waals surface area contributed by atoms with E-state index >= 15 is 0 Å². The lowest BCUT2D eigenvalue weighted by Crippen LogP contribution is -2.60. The van der Waals surface area contributed by atoms with Crippen molar-refractivity contribution in [2.75, 3.05) is 7.11 Å². The van der Waals surface area contributed by atoms with Crippen molar-refractivity contribution < 1.29 is 36.1 Å². The lowest BCUT2D eigenvalue weighted by atomic mass is 9.85. The number of hydrogen-bond donors (Lipinski definition) is 4. The van der Waals surface area contributed by atoms with E-state index in [-0.39, 0.29) is 6.42 Å². The van der Waals surface area contributed by atoms with Gasteiger partial charge in [-0.1, -0.05) is 34.1 Å². The van der Waals surface area contributed by atoms with Crippen molar-refractivity contribution in [2.24, 2.45) is 11.8 Å². The number of aliphatic carboxylic acids is 1. The van der Waals surface area contributed by atoms with Crippen molar-refractivity contribution >= 4 is 5.97 Å². The number of aliphatic hydroxyl groups excluding tert-OH is 3. The molecule has 1 fully saturated rings. The van der Waals surface area contributed by atoms with Gasteiger partial charge in [-0.2, -0.15) is 0 Å². The summed E-state index contributed by atoms with van der Waals surface area (Å²) in [6, 6.07) is 0. The monoisotopic (exact) mass is 337 g/mol. The highest BCUT2D eigenvalue weighted by atomic mass is 16.7. The van der Waals surface area contributed by atoms with Gasteiger partial charge in [0.05, 0.1) is 18.3 Å². The molecular weight excluding hydrogens is 304 g/mol. The third-order valence-corrected chi connectivity index (χ3v) is 4.13. The van der Waals surface area contributed by atoms with Crippen LogP contribution in [0.15, 0.2) is 0 Å². The Bertz CT molecular complexity index is 379. The molecule has 0 aliphatic carbocycles. The Morgan fingerprint density at radius 1 is 1.48 bits per heavy atom. The van der Waals surface area contributed by atoms with Gasteiger partial charge in [0.1, 0.15) is 6.10 Å². The van der Waals surface area contributed by atoms with E-state index in [9.17, 15) is 20.1 Å². The molecule has 23 heavy (non-hydrogen) atoms. The largest absolute Gasteiger partial charge is 0.477 e. The van der Waals surface area contributed by atoms with Gasteiger partial charge in [-0.15, -0.1) is 0 Å². The maximum atomic E-state index is 11.2. The quantitative estimate of drug-likeness (QED) is 0.591. The summed E-state index contributed by atoms with van der Waals surface area (Å²) in [5.41, 5.74) is 0. The molecule has 7 nitrogen and oxygen atoms in total. The highest BCUT2D eigenvalue weighted by molar-refractivity contribution is 5.76. The Hall–Kier alpha value is -0.730. The summed E-state index contributed by atoms with van der Waals surface area (Å²) >= 11 is 0. The van der Waals surface area contributed by atoms with E-state index in [0.29, 0.717) is 0 Å². The summed E-state index contributed by atoms with van der Waals surface area (Å²) in [4.78, 5) is 11.2. The minimum absolute atomic E-state index is 0.278. The first-order valence-electron chi connectivity index (χ1n) is 8.56. The maximum Gasteiger partial charge on any atom is 0.364 e. The van der Waals surface area contributed by atoms with Crippen LogP contribution in [0, 0.1) is 11.8 Å². The zero-order valence-electron chi connectivity index (χ0n) is 15.6. The fraction of sp³-hybridized carbons (Fsp3) is 0.938. The molecule has 0 saturated carbocycles. The Morgan fingerprint density at radius 2 is 2.00 bits per heavy atom. The van der Waals surface area contributed by atoms with Crippen molar-refractivity contribution in [2.45, 2.75) is 77.6 Å². The summed E-state index contributed by atoms with van der Waals surface area (Å²) in [6.07, 6.45) is -4.04. The molecule has 6 unspecified atom stereocenters. The average molecular weight is 337 g/mol. The number of ether oxygens (including phenoxy) is 2. The Labute approximate surface area is 139 Å². The topological polar surface area (TPSA) is 116 Å². The molecule has 7 heteroatoms. The van der Waals surface area contributed by atoms with E-state index in [0.717, 1.165) is 13.0 Å². The van der Waals surface area contributed by atoms with Crippen LogP contribution in [-0.4, -0.2) is 63.7 Å². The summed E-state index contributed by atoms with van der Waals surface area (Å²) in [7, 11) is 1.13. The second-order valence-corrected chi connectivity index (χ2v) is 6.34. The molecule has 0 aromatic heterocycles. The predicted octanol–water partition coefficient (Wildman–Crippen LogP) is 0.994. The first kappa shape index (κ1) is 20.3. The zero-order chi connectivity index (χ0) is 19.1. The molecule has 1 aliphatic heterocycles. The van der Waals surface area contributed by atoms with Crippen LogP contribution in [0.25, 0.3) is 0 Å². The molecule has 0 spiro atoms. The van der Waals surface area contributed by atoms with Crippen molar-refractivity contribution in [3.05, 3.63) is 0 Å². The molecule has 0 bridgehead atoms. The first-order valence-corrected chi connectivity index (χ1v) is 7.86. The summed E-state index contributed by atoms with van der Waals surface area (Å²) in [6.45, 7) is 7.75. The van der Waals surface area contributed by atoms with Crippen LogP contribution in [0.3, 0.4) is 0 Å². The van der Waals surface area contributed by atoms with E-state index in [4.69, 9.17) is 16.0 Å². The minimum atomic E-state index is -2.06. The van der Waals surface area contributed by atoms with Crippen LogP contribution >= 0.6 is 0 Å². The fourth-order valence-electron chi connectivity index (χ4n) is 2.01. The maximum absolute atomic E-state index is 11.2. The van der Waals surface area contributed by atoms with Crippen LogP contribution in [0.5, 0.6) is 0 Å². The van der Waals surface area contributed by atoms with Crippen molar-refractivity contribution in [1.29, 1.82) is 0 Å². The Morgan fingerprint density at radius 3 is 2.35 bits per heavy atom. The SMILES string of the molecule is CCC(C)C.[2H]CC(O)C(O)C1OC(OC)(C(=O)O)CC(O)C1C. The van der Waals surface area contributed by atoms with Crippen LogP contribution in [0.1, 0.15) is 48.8 Å². The van der Waals surface area contributed by atoms with Crippen LogP contribution in [0.2, 0.25) is 0 Å². The molecule has 0 radical (unpaired) electrons. The number of aliphatic hydroxyl groups is 3. The van der Waals surface area contributed by atoms with Crippen LogP contribution < -0.4 is 0 Å². The number of methoxy groups -OCH3 is 1. The van der Waals surface area contributed by atoms with Crippen molar-refractivity contribution in [3.63, 3.8) is 0 Å². The van der Waals surface area contributed by atoms with Gasteiger partial charge >= 0.3 is 5.97 Å². The lowest BCUT2D eigenvalue weighted by Gasteiger charge is -2.44. The molecule has 0 aromatic rings. The molecule has 1 rings (SSSR count). The van der Waals surface area contributed by atoms with E-state index < -0.39 is 49.0 Å². The van der Waals surface area contributed by atoms with Gasteiger partial charge in [-0.05, 0) is 12.8 Å². The van der Waals surface area contributed by atoms with Gasteiger partial charge < -0.3 is 29.9 Å². The van der Waals surface area contributed by atoms with E-state index in [1.807, 2.05) is 0 Å². The Kier molecular flexibility index (Phi) is 8.42. The predicted molar refractivity (Wildman–Crippen MR) is 84.9 cm³/mol. The normalized spacial score (nSPS) is 34.1. The number of carboxylic acid groups (broad SMARTS) is 1.